The van der Waals surface area contributed by atoms with Crippen LogP contribution in [0.4, 0.5) is 0 Å². The Morgan fingerprint density at radius 1 is 1.43 bits per heavy atom. The van der Waals surface area contributed by atoms with Crippen LogP contribution in [0.15, 0.2) is 24.4 Å². The maximum atomic E-state index is 12.9. The van der Waals surface area contributed by atoms with Crippen LogP contribution in [0.3, 0.4) is 0 Å². The van der Waals surface area contributed by atoms with Crippen molar-refractivity contribution in [3.63, 3.8) is 0 Å². The van der Waals surface area contributed by atoms with Gasteiger partial charge in [0.2, 0.25) is 0 Å². The molecule has 2 aromatic rings. The number of carbonyl (C=O) groups excluding carboxylic acids is 1. The Balaban J connectivity index is 1.60. The van der Waals surface area contributed by atoms with Crippen molar-refractivity contribution in [2.24, 2.45) is 0 Å². The number of piperidine rings is 1. The van der Waals surface area contributed by atoms with E-state index in [0.717, 1.165) is 17.7 Å². The summed E-state index contributed by atoms with van der Waals surface area (Å²) in [6.07, 6.45) is 2.61. The number of aryl methyl sites for hydroxylation is 1. The van der Waals surface area contributed by atoms with E-state index in [4.69, 9.17) is 16.3 Å². The molecule has 2 atom stereocenters. The SMILES string of the molecule is Cc1ccc(Cl)cc1C(=O)N1CC[C@@H]2OCc3cnnn3[C@H]2C1. The molecule has 0 radical (unpaired) electrons. The minimum atomic E-state index is 0.00990. The van der Waals surface area contributed by atoms with Crippen LogP contribution in [0.1, 0.15) is 34.1 Å². The third kappa shape index (κ3) is 2.52. The molecule has 0 spiro atoms. The van der Waals surface area contributed by atoms with E-state index >= 15 is 0 Å². The number of rotatable bonds is 1. The summed E-state index contributed by atoms with van der Waals surface area (Å²) in [6.45, 7) is 3.72. The molecular weight excluding hydrogens is 316 g/mol. The van der Waals surface area contributed by atoms with Crippen LogP contribution in [0.5, 0.6) is 0 Å². The summed E-state index contributed by atoms with van der Waals surface area (Å²) in [4.78, 5) is 14.7. The molecule has 0 aliphatic carbocycles. The van der Waals surface area contributed by atoms with Gasteiger partial charge in [-0.1, -0.05) is 22.9 Å². The topological polar surface area (TPSA) is 60.3 Å². The van der Waals surface area contributed by atoms with Gasteiger partial charge in [-0.25, -0.2) is 4.68 Å². The van der Waals surface area contributed by atoms with Gasteiger partial charge in [-0.05, 0) is 31.0 Å². The first-order chi connectivity index (χ1) is 11.1. The number of hydrogen-bond acceptors (Lipinski definition) is 4. The van der Waals surface area contributed by atoms with Gasteiger partial charge in [0.15, 0.2) is 0 Å². The number of aromatic nitrogens is 3. The second kappa shape index (κ2) is 5.62. The molecule has 4 rings (SSSR count). The zero-order valence-corrected chi connectivity index (χ0v) is 13.5. The van der Waals surface area contributed by atoms with E-state index in [0.29, 0.717) is 30.3 Å². The van der Waals surface area contributed by atoms with Crippen LogP contribution in [0, 0.1) is 6.92 Å². The summed E-state index contributed by atoms with van der Waals surface area (Å²) in [6, 6.07) is 5.44. The molecule has 0 bridgehead atoms. The number of amides is 1. The molecule has 120 valence electrons. The summed E-state index contributed by atoms with van der Waals surface area (Å²) < 4.78 is 7.78. The lowest BCUT2D eigenvalue weighted by molar-refractivity contribution is -0.0605. The van der Waals surface area contributed by atoms with Crippen molar-refractivity contribution in [1.29, 1.82) is 0 Å². The second-order valence-electron chi connectivity index (χ2n) is 6.09. The fourth-order valence-electron chi connectivity index (χ4n) is 3.36. The Labute approximate surface area is 139 Å². The quantitative estimate of drug-likeness (QED) is 0.803. The van der Waals surface area contributed by atoms with E-state index in [1.165, 1.54) is 0 Å². The van der Waals surface area contributed by atoms with E-state index < -0.39 is 0 Å². The average molecular weight is 333 g/mol. The minimum Gasteiger partial charge on any atom is -0.370 e. The molecular formula is C16H17ClN4O2. The van der Waals surface area contributed by atoms with Crippen LogP contribution in [-0.4, -0.2) is 45.0 Å². The third-order valence-corrected chi connectivity index (χ3v) is 4.88. The average Bonchev–Trinajstić information content (AvgIpc) is 3.05. The van der Waals surface area contributed by atoms with Crippen molar-refractivity contribution in [2.45, 2.75) is 32.1 Å². The molecule has 1 amide bonds. The molecule has 0 unspecified atom stereocenters. The predicted octanol–water partition coefficient (Wildman–Crippen LogP) is 2.23. The second-order valence-corrected chi connectivity index (χ2v) is 6.52. The molecule has 23 heavy (non-hydrogen) atoms. The number of ether oxygens (including phenoxy) is 1. The van der Waals surface area contributed by atoms with Gasteiger partial charge in [-0.3, -0.25) is 4.79 Å². The van der Waals surface area contributed by atoms with Gasteiger partial charge in [0.1, 0.15) is 0 Å². The van der Waals surface area contributed by atoms with Crippen LogP contribution in [0.25, 0.3) is 0 Å². The van der Waals surface area contributed by atoms with Crippen molar-refractivity contribution in [3.8, 4) is 0 Å². The summed E-state index contributed by atoms with van der Waals surface area (Å²) in [5.74, 6) is 0.00990. The van der Waals surface area contributed by atoms with Crippen LogP contribution >= 0.6 is 11.6 Å². The number of benzene rings is 1. The maximum absolute atomic E-state index is 12.9. The van der Waals surface area contributed by atoms with Gasteiger partial charge in [-0.15, -0.1) is 5.10 Å². The molecule has 1 saturated heterocycles. The first-order valence-corrected chi connectivity index (χ1v) is 8.07. The highest BCUT2D eigenvalue weighted by Crippen LogP contribution is 2.31. The highest BCUT2D eigenvalue weighted by atomic mass is 35.5. The van der Waals surface area contributed by atoms with Gasteiger partial charge < -0.3 is 9.64 Å². The Morgan fingerprint density at radius 2 is 2.30 bits per heavy atom. The van der Waals surface area contributed by atoms with E-state index in [1.54, 1.807) is 18.3 Å². The molecule has 6 nitrogen and oxygen atoms in total. The molecule has 2 aliphatic rings. The Kier molecular flexibility index (Phi) is 3.58. The summed E-state index contributed by atoms with van der Waals surface area (Å²) in [5, 5.41) is 8.70. The molecule has 2 aliphatic heterocycles. The van der Waals surface area contributed by atoms with Gasteiger partial charge in [0, 0.05) is 23.7 Å². The van der Waals surface area contributed by atoms with Crippen molar-refractivity contribution >= 4 is 17.5 Å². The van der Waals surface area contributed by atoms with Crippen molar-refractivity contribution in [3.05, 3.63) is 46.2 Å². The Bertz CT molecular complexity index is 760. The monoisotopic (exact) mass is 332 g/mol. The first-order valence-electron chi connectivity index (χ1n) is 7.69. The van der Waals surface area contributed by atoms with E-state index in [1.807, 2.05) is 22.6 Å². The molecule has 1 fully saturated rings. The first kappa shape index (κ1) is 14.7. The lowest BCUT2D eigenvalue weighted by atomic mass is 9.99. The maximum Gasteiger partial charge on any atom is 0.254 e. The zero-order valence-electron chi connectivity index (χ0n) is 12.8. The zero-order chi connectivity index (χ0) is 16.0. The van der Waals surface area contributed by atoms with Gasteiger partial charge in [0.05, 0.1) is 30.6 Å². The van der Waals surface area contributed by atoms with E-state index in [9.17, 15) is 4.79 Å². The number of carbonyl (C=O) groups is 1. The number of halogens is 1. The standard InChI is InChI=1S/C16H17ClN4O2/c1-10-2-3-11(17)6-13(10)16(22)20-5-4-15-14(8-20)21-12(9-23-15)7-18-19-21/h2-3,6-7,14-15H,4-5,8-9H2,1H3/t14-,15-/m0/s1. The molecule has 7 heteroatoms. The van der Waals surface area contributed by atoms with Crippen molar-refractivity contribution in [1.82, 2.24) is 19.9 Å². The number of nitrogens with zero attached hydrogens (tertiary/aromatic N) is 4. The lowest BCUT2D eigenvalue weighted by Gasteiger charge is -2.41. The summed E-state index contributed by atoms with van der Waals surface area (Å²) in [5.41, 5.74) is 2.55. The number of likely N-dealkylation sites (tertiary alicyclic amines) is 1. The summed E-state index contributed by atoms with van der Waals surface area (Å²) in [7, 11) is 0. The molecule has 1 aromatic heterocycles. The van der Waals surface area contributed by atoms with Gasteiger partial charge >= 0.3 is 0 Å². The highest BCUT2D eigenvalue weighted by molar-refractivity contribution is 6.31. The van der Waals surface area contributed by atoms with Crippen molar-refractivity contribution in [2.75, 3.05) is 13.1 Å². The highest BCUT2D eigenvalue weighted by Gasteiger charge is 2.38. The minimum absolute atomic E-state index is 0.00990. The van der Waals surface area contributed by atoms with E-state index in [-0.39, 0.29) is 18.1 Å². The van der Waals surface area contributed by atoms with E-state index in [2.05, 4.69) is 10.3 Å². The van der Waals surface area contributed by atoms with Crippen LogP contribution in [-0.2, 0) is 11.3 Å². The lowest BCUT2D eigenvalue weighted by Crippen LogP contribution is -2.50. The Hall–Kier alpha value is -1.92. The normalized spacial score (nSPS) is 23.3. The molecule has 0 saturated carbocycles. The number of hydrogen-bond donors (Lipinski definition) is 0. The summed E-state index contributed by atoms with van der Waals surface area (Å²) >= 11 is 6.05. The van der Waals surface area contributed by atoms with Crippen LogP contribution in [0.2, 0.25) is 5.02 Å². The number of fused-ring (bicyclic) bond motifs is 3. The molecule has 3 heterocycles. The largest absolute Gasteiger partial charge is 0.370 e. The smallest absolute Gasteiger partial charge is 0.254 e. The van der Waals surface area contributed by atoms with Gasteiger partial charge in [0.25, 0.3) is 5.91 Å². The fraction of sp³-hybridized carbons (Fsp3) is 0.438. The third-order valence-electron chi connectivity index (χ3n) is 4.65. The molecule has 1 aromatic carbocycles. The molecule has 0 N–H and O–H groups in total. The predicted molar refractivity (Wildman–Crippen MR) is 84.3 cm³/mol. The van der Waals surface area contributed by atoms with Crippen molar-refractivity contribution < 1.29 is 9.53 Å². The fourth-order valence-corrected chi connectivity index (χ4v) is 3.53. The van der Waals surface area contributed by atoms with Gasteiger partial charge in [-0.2, -0.15) is 0 Å². The van der Waals surface area contributed by atoms with Crippen LogP contribution < -0.4 is 0 Å². The Morgan fingerprint density at radius 3 is 3.17 bits per heavy atom.